The van der Waals surface area contributed by atoms with Crippen molar-refractivity contribution in [2.24, 2.45) is 5.41 Å². The molecule has 0 spiro atoms. The van der Waals surface area contributed by atoms with E-state index in [1.54, 1.807) is 4.90 Å². The highest BCUT2D eigenvalue weighted by Crippen LogP contribution is 2.48. The lowest BCUT2D eigenvalue weighted by Gasteiger charge is -2.35. The maximum Gasteiger partial charge on any atom is 0.323 e. The van der Waals surface area contributed by atoms with Gasteiger partial charge in [0.05, 0.1) is 5.69 Å². The third kappa shape index (κ3) is 6.72. The number of hydrogen-bond acceptors (Lipinski definition) is 6. The number of rotatable bonds is 8. The van der Waals surface area contributed by atoms with Crippen molar-refractivity contribution < 1.29 is 32.3 Å². The Bertz CT molecular complexity index is 1520. The van der Waals surface area contributed by atoms with E-state index >= 15 is 0 Å². The topological polar surface area (TPSA) is 116 Å². The van der Waals surface area contributed by atoms with Gasteiger partial charge in [0, 0.05) is 37.1 Å². The van der Waals surface area contributed by atoms with Crippen LogP contribution in [0.2, 0.25) is 0 Å². The second-order valence-electron chi connectivity index (χ2n) is 10.8. The second-order valence-corrected chi connectivity index (χ2v) is 10.8. The molecule has 1 saturated heterocycles. The van der Waals surface area contributed by atoms with Crippen molar-refractivity contribution in [2.75, 3.05) is 43.1 Å². The summed E-state index contributed by atoms with van der Waals surface area (Å²) in [5.41, 5.74) is -1.61. The first-order chi connectivity index (χ1) is 20.6. The summed E-state index contributed by atoms with van der Waals surface area (Å²) in [6.07, 6.45) is 3.49. The standard InChI is InChI=1S/C30H31F3N6O4/c1-38(2)20-10-15-39(16-11-20)29(42)37-24-17-21(9-14-34-24)43-23-8-7-22(25(32)26(23)33)36-28(41)30(12-13-30)27(40)35-19-5-3-18(31)4-6-19/h3-9,14,17,20H,10-13,15-16H2,1-2H3,(H,35,40)(H,36,41)(H,34,37,42). The Balaban J connectivity index is 1.20. The van der Waals surface area contributed by atoms with Crippen molar-refractivity contribution in [1.29, 1.82) is 0 Å². The number of urea groups is 1. The Morgan fingerprint density at radius 2 is 1.58 bits per heavy atom. The molecule has 1 aromatic heterocycles. The van der Waals surface area contributed by atoms with Crippen molar-refractivity contribution in [2.45, 2.75) is 31.7 Å². The highest BCUT2D eigenvalue weighted by Gasteiger charge is 2.56. The molecule has 13 heteroatoms. The van der Waals surface area contributed by atoms with Crippen LogP contribution >= 0.6 is 0 Å². The Hall–Kier alpha value is -4.65. The molecule has 2 heterocycles. The largest absolute Gasteiger partial charge is 0.454 e. The Morgan fingerprint density at radius 1 is 0.907 bits per heavy atom. The zero-order valence-corrected chi connectivity index (χ0v) is 23.6. The van der Waals surface area contributed by atoms with Crippen LogP contribution in [0.5, 0.6) is 11.5 Å². The third-order valence-corrected chi connectivity index (χ3v) is 7.69. The molecule has 2 fully saturated rings. The monoisotopic (exact) mass is 596 g/mol. The molecular formula is C30H31F3N6O4. The van der Waals surface area contributed by atoms with Gasteiger partial charge < -0.3 is 25.2 Å². The molecule has 5 rings (SSSR count). The SMILES string of the molecule is CN(C)C1CCN(C(=O)Nc2cc(Oc3ccc(NC(=O)C4(C(=O)Nc5ccc(F)cc5)CC4)c(F)c3F)ccn2)CC1. The van der Waals surface area contributed by atoms with Crippen LogP contribution in [-0.2, 0) is 9.59 Å². The minimum Gasteiger partial charge on any atom is -0.454 e. The lowest BCUT2D eigenvalue weighted by Crippen LogP contribution is -2.46. The molecule has 10 nitrogen and oxygen atoms in total. The van der Waals surface area contributed by atoms with Crippen LogP contribution in [0.15, 0.2) is 54.7 Å². The van der Waals surface area contributed by atoms with Crippen LogP contribution in [0, 0.1) is 22.9 Å². The van der Waals surface area contributed by atoms with Gasteiger partial charge in [-0.15, -0.1) is 0 Å². The number of hydrogen-bond donors (Lipinski definition) is 3. The summed E-state index contributed by atoms with van der Waals surface area (Å²) in [4.78, 5) is 46.3. The van der Waals surface area contributed by atoms with Gasteiger partial charge in [-0.3, -0.25) is 14.9 Å². The van der Waals surface area contributed by atoms with Crippen molar-refractivity contribution in [3.8, 4) is 11.5 Å². The smallest absolute Gasteiger partial charge is 0.323 e. The fourth-order valence-corrected chi connectivity index (χ4v) is 4.86. The van der Waals surface area contributed by atoms with Crippen LogP contribution in [0.3, 0.4) is 0 Å². The van der Waals surface area contributed by atoms with Crippen molar-refractivity contribution in [3.05, 3.63) is 72.2 Å². The average molecular weight is 597 g/mol. The van der Waals surface area contributed by atoms with Crippen molar-refractivity contribution in [3.63, 3.8) is 0 Å². The highest BCUT2D eigenvalue weighted by atomic mass is 19.2. The molecule has 1 saturated carbocycles. The maximum absolute atomic E-state index is 15.0. The minimum atomic E-state index is -1.45. The van der Waals surface area contributed by atoms with E-state index in [9.17, 15) is 27.6 Å². The first kappa shape index (κ1) is 29.8. The van der Waals surface area contributed by atoms with Crippen LogP contribution in [0.1, 0.15) is 25.7 Å². The summed E-state index contributed by atoms with van der Waals surface area (Å²) >= 11 is 0. The second kappa shape index (κ2) is 12.3. The molecule has 1 aliphatic heterocycles. The maximum atomic E-state index is 15.0. The summed E-state index contributed by atoms with van der Waals surface area (Å²) in [6, 6.07) is 10.2. The van der Waals surface area contributed by atoms with Gasteiger partial charge in [0.25, 0.3) is 0 Å². The third-order valence-electron chi connectivity index (χ3n) is 7.69. The van der Waals surface area contributed by atoms with Gasteiger partial charge in [-0.1, -0.05) is 0 Å². The number of amides is 4. The molecule has 0 unspecified atom stereocenters. The molecule has 43 heavy (non-hydrogen) atoms. The molecule has 0 bridgehead atoms. The van der Waals surface area contributed by atoms with Crippen molar-refractivity contribution >= 4 is 35.0 Å². The van der Waals surface area contributed by atoms with E-state index in [0.29, 0.717) is 24.8 Å². The summed E-state index contributed by atoms with van der Waals surface area (Å²) in [7, 11) is 4.02. The molecule has 4 amide bonds. The number of carbonyl (C=O) groups is 3. The predicted molar refractivity (Wildman–Crippen MR) is 153 cm³/mol. The van der Waals surface area contributed by atoms with Crippen LogP contribution < -0.4 is 20.7 Å². The highest BCUT2D eigenvalue weighted by molar-refractivity contribution is 6.17. The molecule has 0 atom stereocenters. The number of nitrogens with zero attached hydrogens (tertiary/aromatic N) is 3. The zero-order chi connectivity index (χ0) is 30.7. The number of pyridine rings is 1. The molecule has 1 aliphatic carbocycles. The van der Waals surface area contributed by atoms with E-state index in [1.165, 1.54) is 30.5 Å². The van der Waals surface area contributed by atoms with Gasteiger partial charge in [-0.2, -0.15) is 4.39 Å². The van der Waals surface area contributed by atoms with E-state index in [4.69, 9.17) is 4.74 Å². The fraction of sp³-hybridized carbons (Fsp3) is 0.333. The Kier molecular flexibility index (Phi) is 8.53. The molecule has 3 aromatic rings. The van der Waals surface area contributed by atoms with Gasteiger partial charge >= 0.3 is 6.03 Å². The quantitative estimate of drug-likeness (QED) is 0.308. The normalized spacial score (nSPS) is 16.0. The van der Waals surface area contributed by atoms with Gasteiger partial charge in [0.2, 0.25) is 17.6 Å². The lowest BCUT2D eigenvalue weighted by atomic mass is 10.0. The first-order valence-electron chi connectivity index (χ1n) is 13.8. The predicted octanol–water partition coefficient (Wildman–Crippen LogP) is 5.21. The fourth-order valence-electron chi connectivity index (χ4n) is 4.86. The van der Waals surface area contributed by atoms with Crippen molar-refractivity contribution in [1.82, 2.24) is 14.8 Å². The van der Waals surface area contributed by atoms with E-state index in [1.807, 2.05) is 14.1 Å². The molecular weight excluding hydrogens is 565 g/mol. The van der Waals surface area contributed by atoms with E-state index in [-0.39, 0.29) is 30.4 Å². The molecule has 2 aromatic carbocycles. The lowest BCUT2D eigenvalue weighted by molar-refractivity contribution is -0.131. The summed E-state index contributed by atoms with van der Waals surface area (Å²) in [6.45, 7) is 1.19. The number of benzene rings is 2. The number of ether oxygens (including phenoxy) is 1. The average Bonchev–Trinajstić information content (AvgIpc) is 3.81. The Morgan fingerprint density at radius 3 is 2.23 bits per heavy atom. The molecule has 0 radical (unpaired) electrons. The number of piperidine rings is 1. The van der Waals surface area contributed by atoms with Gasteiger partial charge in [-0.05, 0) is 82.2 Å². The van der Waals surface area contributed by atoms with E-state index in [0.717, 1.165) is 37.1 Å². The molecule has 2 aliphatic rings. The number of halogens is 3. The van der Waals surface area contributed by atoms with Gasteiger partial charge in [0.15, 0.2) is 11.6 Å². The molecule has 3 N–H and O–H groups in total. The first-order valence-corrected chi connectivity index (χ1v) is 13.8. The number of likely N-dealkylation sites (tertiary alicyclic amines) is 1. The summed E-state index contributed by atoms with van der Waals surface area (Å²) in [5.74, 6) is -4.81. The number of nitrogens with one attached hydrogen (secondary N) is 3. The van der Waals surface area contributed by atoms with Crippen LogP contribution in [0.4, 0.5) is 35.2 Å². The van der Waals surface area contributed by atoms with Gasteiger partial charge in [-0.25, -0.2) is 18.6 Å². The van der Waals surface area contributed by atoms with E-state index in [2.05, 4.69) is 25.8 Å². The Labute approximate surface area is 246 Å². The van der Waals surface area contributed by atoms with Crippen LogP contribution in [0.25, 0.3) is 0 Å². The number of carbonyl (C=O) groups excluding carboxylic acids is 3. The number of aromatic nitrogens is 1. The minimum absolute atomic E-state index is 0.0982. The molecule has 226 valence electrons. The summed E-state index contributed by atoms with van der Waals surface area (Å²) < 4.78 is 48.6. The zero-order valence-electron chi connectivity index (χ0n) is 23.6. The number of anilines is 3. The van der Waals surface area contributed by atoms with Crippen LogP contribution in [-0.4, -0.2) is 65.9 Å². The summed E-state index contributed by atoms with van der Waals surface area (Å²) in [5, 5.41) is 7.55. The van der Waals surface area contributed by atoms with Gasteiger partial charge in [0.1, 0.15) is 22.8 Å². The van der Waals surface area contributed by atoms with E-state index < -0.39 is 46.1 Å².